The topological polar surface area (TPSA) is 66.5 Å². The largest absolute Gasteiger partial charge is 0.325 e. The molecule has 0 aliphatic heterocycles. The van der Waals surface area contributed by atoms with E-state index in [0.717, 1.165) is 31.1 Å². The molecule has 0 fully saturated rings. The number of carbonyl (C=O) groups excluding carboxylic acids is 1. The van der Waals surface area contributed by atoms with Crippen molar-refractivity contribution < 1.29 is 13.2 Å². The Morgan fingerprint density at radius 2 is 1.59 bits per heavy atom. The van der Waals surface area contributed by atoms with Crippen LogP contribution in [0.3, 0.4) is 0 Å². The molecule has 0 aromatic heterocycles. The maximum Gasteiger partial charge on any atom is 0.239 e. The van der Waals surface area contributed by atoms with E-state index in [9.17, 15) is 13.2 Å². The van der Waals surface area contributed by atoms with E-state index in [1.165, 1.54) is 9.87 Å². The predicted molar refractivity (Wildman–Crippen MR) is 110 cm³/mol. The molecule has 0 saturated heterocycles. The molecule has 2 aromatic rings. The molecule has 0 atom stereocenters. The standard InChI is InChI=1S/C21H28N2O3S/c1-3-4-8-19-11-13-20(14-12-19)22-21(24)17-23(27(2,25)26)16-15-18-9-6-5-7-10-18/h5-7,9-14H,3-4,8,15-17H2,1-2H3,(H,22,24). The lowest BCUT2D eigenvalue weighted by atomic mass is 10.1. The number of hydrogen-bond acceptors (Lipinski definition) is 3. The summed E-state index contributed by atoms with van der Waals surface area (Å²) in [6, 6.07) is 17.3. The zero-order chi connectivity index (χ0) is 19.7. The van der Waals surface area contributed by atoms with Crippen molar-refractivity contribution in [1.29, 1.82) is 0 Å². The molecule has 6 heteroatoms. The SMILES string of the molecule is CCCCc1ccc(NC(=O)CN(CCc2ccccc2)S(C)(=O)=O)cc1. The Hall–Kier alpha value is -2.18. The molecular formula is C21H28N2O3S. The van der Waals surface area contributed by atoms with Gasteiger partial charge in [-0.2, -0.15) is 4.31 Å². The molecule has 0 heterocycles. The van der Waals surface area contributed by atoms with Gasteiger partial charge in [0.25, 0.3) is 0 Å². The molecular weight excluding hydrogens is 360 g/mol. The highest BCUT2D eigenvalue weighted by Gasteiger charge is 2.20. The van der Waals surface area contributed by atoms with Gasteiger partial charge in [-0.05, 0) is 42.5 Å². The first-order valence-corrected chi connectivity index (χ1v) is 11.1. The molecule has 0 aliphatic carbocycles. The fourth-order valence-corrected chi connectivity index (χ4v) is 3.53. The van der Waals surface area contributed by atoms with Gasteiger partial charge in [0.15, 0.2) is 0 Å². The van der Waals surface area contributed by atoms with Crippen LogP contribution in [-0.2, 0) is 27.7 Å². The highest BCUT2D eigenvalue weighted by atomic mass is 32.2. The number of aryl methyl sites for hydroxylation is 1. The molecule has 5 nitrogen and oxygen atoms in total. The van der Waals surface area contributed by atoms with Crippen molar-refractivity contribution in [3.8, 4) is 0 Å². The van der Waals surface area contributed by atoms with Crippen LogP contribution in [0.2, 0.25) is 0 Å². The van der Waals surface area contributed by atoms with Crippen molar-refractivity contribution in [3.63, 3.8) is 0 Å². The molecule has 0 bridgehead atoms. The summed E-state index contributed by atoms with van der Waals surface area (Å²) in [5.74, 6) is -0.338. The number of benzene rings is 2. The number of unbranched alkanes of at least 4 members (excludes halogenated alkanes) is 1. The van der Waals surface area contributed by atoms with Crippen molar-refractivity contribution in [1.82, 2.24) is 4.31 Å². The fourth-order valence-electron chi connectivity index (χ4n) is 2.76. The van der Waals surface area contributed by atoms with Crippen molar-refractivity contribution in [2.75, 3.05) is 24.7 Å². The summed E-state index contributed by atoms with van der Waals surface area (Å²) in [6.45, 7) is 2.23. The van der Waals surface area contributed by atoms with E-state index in [0.29, 0.717) is 12.1 Å². The molecule has 0 saturated carbocycles. The summed E-state index contributed by atoms with van der Waals surface area (Å²) in [5.41, 5.74) is 2.95. The van der Waals surface area contributed by atoms with E-state index < -0.39 is 10.0 Å². The number of sulfonamides is 1. The first-order chi connectivity index (χ1) is 12.9. The van der Waals surface area contributed by atoms with Crippen molar-refractivity contribution in [3.05, 3.63) is 65.7 Å². The van der Waals surface area contributed by atoms with Gasteiger partial charge in [-0.15, -0.1) is 0 Å². The Labute approximate surface area is 162 Å². The molecule has 146 valence electrons. The number of hydrogen-bond donors (Lipinski definition) is 1. The first kappa shape index (κ1) is 21.1. The number of rotatable bonds is 10. The van der Waals surface area contributed by atoms with Gasteiger partial charge in [0.2, 0.25) is 15.9 Å². The second kappa shape index (κ2) is 10.2. The summed E-state index contributed by atoms with van der Waals surface area (Å²) in [7, 11) is -3.47. The normalized spacial score (nSPS) is 11.5. The monoisotopic (exact) mass is 388 g/mol. The van der Waals surface area contributed by atoms with Gasteiger partial charge < -0.3 is 5.32 Å². The third-order valence-electron chi connectivity index (χ3n) is 4.34. The van der Waals surface area contributed by atoms with Crippen LogP contribution in [0.15, 0.2) is 54.6 Å². The molecule has 27 heavy (non-hydrogen) atoms. The van der Waals surface area contributed by atoms with E-state index in [-0.39, 0.29) is 19.0 Å². The maximum atomic E-state index is 12.3. The average molecular weight is 389 g/mol. The van der Waals surface area contributed by atoms with Crippen LogP contribution in [0.25, 0.3) is 0 Å². The van der Waals surface area contributed by atoms with Crippen LogP contribution in [0.4, 0.5) is 5.69 Å². The van der Waals surface area contributed by atoms with Gasteiger partial charge in [0.1, 0.15) is 0 Å². The minimum atomic E-state index is -3.47. The highest BCUT2D eigenvalue weighted by Crippen LogP contribution is 2.12. The predicted octanol–water partition coefficient (Wildman–Crippen LogP) is 3.47. The number of carbonyl (C=O) groups is 1. The lowest BCUT2D eigenvalue weighted by Gasteiger charge is -2.19. The second-order valence-corrected chi connectivity index (χ2v) is 8.66. The van der Waals surface area contributed by atoms with Crippen LogP contribution in [0.1, 0.15) is 30.9 Å². The molecule has 0 aliphatic rings. The minimum Gasteiger partial charge on any atom is -0.325 e. The Morgan fingerprint density at radius 1 is 0.963 bits per heavy atom. The molecule has 0 radical (unpaired) electrons. The molecule has 0 spiro atoms. The highest BCUT2D eigenvalue weighted by molar-refractivity contribution is 7.88. The number of nitrogens with one attached hydrogen (secondary N) is 1. The minimum absolute atomic E-state index is 0.191. The molecule has 2 rings (SSSR count). The van der Waals surface area contributed by atoms with E-state index in [4.69, 9.17) is 0 Å². The van der Waals surface area contributed by atoms with Gasteiger partial charge in [-0.3, -0.25) is 4.79 Å². The third-order valence-corrected chi connectivity index (χ3v) is 5.59. The lowest BCUT2D eigenvalue weighted by molar-refractivity contribution is -0.116. The average Bonchev–Trinajstić information content (AvgIpc) is 2.64. The van der Waals surface area contributed by atoms with Crippen molar-refractivity contribution in [2.24, 2.45) is 0 Å². The van der Waals surface area contributed by atoms with E-state index in [2.05, 4.69) is 12.2 Å². The lowest BCUT2D eigenvalue weighted by Crippen LogP contribution is -2.38. The van der Waals surface area contributed by atoms with Crippen LogP contribution in [0, 0.1) is 0 Å². The van der Waals surface area contributed by atoms with Gasteiger partial charge in [0, 0.05) is 12.2 Å². The third kappa shape index (κ3) is 7.53. The first-order valence-electron chi connectivity index (χ1n) is 9.26. The Morgan fingerprint density at radius 3 is 2.19 bits per heavy atom. The van der Waals surface area contributed by atoms with Gasteiger partial charge in [0.05, 0.1) is 12.8 Å². The van der Waals surface area contributed by atoms with Gasteiger partial charge in [-0.1, -0.05) is 55.8 Å². The molecule has 1 amide bonds. The summed E-state index contributed by atoms with van der Waals surface area (Å²) in [6.07, 6.45) is 4.99. The van der Waals surface area contributed by atoms with Crippen LogP contribution in [0.5, 0.6) is 0 Å². The fraction of sp³-hybridized carbons (Fsp3) is 0.381. The van der Waals surface area contributed by atoms with Crippen molar-refractivity contribution in [2.45, 2.75) is 32.6 Å². The number of amides is 1. The Balaban J connectivity index is 1.93. The summed E-state index contributed by atoms with van der Waals surface area (Å²) < 4.78 is 25.3. The smallest absolute Gasteiger partial charge is 0.239 e. The van der Waals surface area contributed by atoms with Crippen molar-refractivity contribution >= 4 is 21.6 Å². The summed E-state index contributed by atoms with van der Waals surface area (Å²) >= 11 is 0. The van der Waals surface area contributed by atoms with E-state index in [1.807, 2.05) is 54.6 Å². The molecule has 1 N–H and O–H groups in total. The molecule has 0 unspecified atom stereocenters. The van der Waals surface area contributed by atoms with Crippen LogP contribution >= 0.6 is 0 Å². The Bertz CT molecular complexity index is 818. The zero-order valence-electron chi connectivity index (χ0n) is 16.0. The van der Waals surface area contributed by atoms with E-state index in [1.54, 1.807) is 0 Å². The number of nitrogens with zero attached hydrogens (tertiary/aromatic N) is 1. The Kier molecular flexibility index (Phi) is 8.00. The quantitative estimate of drug-likeness (QED) is 0.678. The van der Waals surface area contributed by atoms with Crippen LogP contribution < -0.4 is 5.32 Å². The van der Waals surface area contributed by atoms with Crippen LogP contribution in [-0.4, -0.2) is 38.0 Å². The zero-order valence-corrected chi connectivity index (χ0v) is 16.8. The van der Waals surface area contributed by atoms with E-state index >= 15 is 0 Å². The second-order valence-electron chi connectivity index (χ2n) is 6.68. The van der Waals surface area contributed by atoms with Gasteiger partial charge in [-0.25, -0.2) is 8.42 Å². The van der Waals surface area contributed by atoms with Gasteiger partial charge >= 0.3 is 0 Å². The molecule has 2 aromatic carbocycles. The summed E-state index contributed by atoms with van der Waals surface area (Å²) in [5, 5.41) is 2.78. The summed E-state index contributed by atoms with van der Waals surface area (Å²) in [4.78, 5) is 12.3. The number of anilines is 1. The maximum absolute atomic E-state index is 12.3.